The van der Waals surface area contributed by atoms with Gasteiger partial charge in [0.15, 0.2) is 0 Å². The summed E-state index contributed by atoms with van der Waals surface area (Å²) in [7, 11) is 0. The maximum Gasteiger partial charge on any atom is 0.234 e. The molecular formula is C8H17N3O2. The summed E-state index contributed by atoms with van der Waals surface area (Å²) in [6.45, 7) is 5.65. The number of nitrogens with one attached hydrogen (secondary N) is 2. The van der Waals surface area contributed by atoms with Crippen molar-refractivity contribution >= 4 is 11.8 Å². The number of hydrogen-bond acceptors (Lipinski definition) is 3. The number of amides is 2. The van der Waals surface area contributed by atoms with E-state index in [0.717, 1.165) is 0 Å². The van der Waals surface area contributed by atoms with E-state index in [2.05, 4.69) is 5.32 Å². The second kappa shape index (κ2) is 4.81. The molecule has 76 valence electrons. The molecule has 0 saturated heterocycles. The Balaban J connectivity index is 3.71. The summed E-state index contributed by atoms with van der Waals surface area (Å²) in [5.41, 5.74) is 1.71. The lowest BCUT2D eigenvalue weighted by Crippen LogP contribution is -2.41. The molecule has 0 aromatic heterocycles. The summed E-state index contributed by atoms with van der Waals surface area (Å²) in [5.74, 6) is 4.38. The number of carbonyl (C=O) groups excluding carboxylic acids is 2. The Hall–Kier alpha value is -1.10. The molecule has 4 N–H and O–H groups in total. The van der Waals surface area contributed by atoms with Crippen LogP contribution in [0.2, 0.25) is 0 Å². The van der Waals surface area contributed by atoms with Gasteiger partial charge in [0.05, 0.1) is 0 Å². The molecule has 0 heterocycles. The van der Waals surface area contributed by atoms with Crippen molar-refractivity contribution in [1.29, 1.82) is 0 Å². The lowest BCUT2D eigenvalue weighted by Gasteiger charge is -2.20. The van der Waals surface area contributed by atoms with Crippen molar-refractivity contribution in [2.24, 2.45) is 5.84 Å². The highest BCUT2D eigenvalue weighted by Crippen LogP contribution is 2.00. The summed E-state index contributed by atoms with van der Waals surface area (Å²) in [6, 6.07) is 0. The molecule has 0 aromatic carbocycles. The predicted molar refractivity (Wildman–Crippen MR) is 49.5 cm³/mol. The first-order chi connectivity index (χ1) is 5.85. The number of hydrogen-bond donors (Lipinski definition) is 3. The molecule has 0 saturated carbocycles. The lowest BCUT2D eigenvalue weighted by atomic mass is 10.1. The largest absolute Gasteiger partial charge is 0.351 e. The van der Waals surface area contributed by atoms with E-state index in [-0.39, 0.29) is 30.2 Å². The third-order valence-electron chi connectivity index (χ3n) is 1.25. The van der Waals surface area contributed by atoms with Crippen molar-refractivity contribution in [3.8, 4) is 0 Å². The molecule has 13 heavy (non-hydrogen) atoms. The molecule has 0 atom stereocenters. The second-order valence-electron chi connectivity index (χ2n) is 3.87. The molecule has 0 spiro atoms. The number of rotatable bonds is 3. The normalized spacial score (nSPS) is 10.8. The third kappa shape index (κ3) is 7.27. The van der Waals surface area contributed by atoms with E-state index >= 15 is 0 Å². The Labute approximate surface area is 78.0 Å². The monoisotopic (exact) mass is 187 g/mol. The Bertz CT molecular complexity index is 196. The van der Waals surface area contributed by atoms with Crippen LogP contribution >= 0.6 is 0 Å². The average Bonchev–Trinajstić information content (AvgIpc) is 1.97. The van der Waals surface area contributed by atoms with Gasteiger partial charge >= 0.3 is 0 Å². The van der Waals surface area contributed by atoms with E-state index in [1.807, 2.05) is 26.2 Å². The van der Waals surface area contributed by atoms with Gasteiger partial charge in [-0.3, -0.25) is 15.0 Å². The molecule has 2 amide bonds. The van der Waals surface area contributed by atoms with Crippen LogP contribution in [0.15, 0.2) is 0 Å². The first-order valence-electron chi connectivity index (χ1n) is 4.15. The highest BCUT2D eigenvalue weighted by atomic mass is 16.2. The average molecular weight is 187 g/mol. The topological polar surface area (TPSA) is 84.2 Å². The van der Waals surface area contributed by atoms with Crippen molar-refractivity contribution in [1.82, 2.24) is 10.7 Å². The van der Waals surface area contributed by atoms with Gasteiger partial charge in [0.25, 0.3) is 0 Å². The van der Waals surface area contributed by atoms with Crippen LogP contribution in [0.1, 0.15) is 33.6 Å². The molecule has 0 radical (unpaired) electrons. The summed E-state index contributed by atoms with van der Waals surface area (Å²) < 4.78 is 0. The molecule has 0 rings (SSSR count). The Morgan fingerprint density at radius 2 is 1.62 bits per heavy atom. The number of nitrogens with two attached hydrogens (primary N) is 1. The minimum atomic E-state index is -0.330. The van der Waals surface area contributed by atoms with E-state index in [1.165, 1.54) is 0 Å². The fourth-order valence-corrected chi connectivity index (χ4v) is 0.780. The SMILES string of the molecule is CC(C)(C)NC(=O)CCC(=O)NN. The Kier molecular flexibility index (Phi) is 4.40. The van der Waals surface area contributed by atoms with Crippen LogP contribution < -0.4 is 16.6 Å². The van der Waals surface area contributed by atoms with E-state index in [4.69, 9.17) is 5.84 Å². The van der Waals surface area contributed by atoms with Crippen LogP contribution in [0.5, 0.6) is 0 Å². The van der Waals surface area contributed by atoms with Crippen molar-refractivity contribution in [3.63, 3.8) is 0 Å². The number of carbonyl (C=O) groups is 2. The standard InChI is InChI=1S/C8H17N3O2/c1-8(2,3)10-6(12)4-5-7(13)11-9/h4-5,9H2,1-3H3,(H,10,12)(H,11,13). The second-order valence-corrected chi connectivity index (χ2v) is 3.87. The fraction of sp³-hybridized carbons (Fsp3) is 0.750. The van der Waals surface area contributed by atoms with Gasteiger partial charge in [0.1, 0.15) is 0 Å². The van der Waals surface area contributed by atoms with Crippen LogP contribution in [0, 0.1) is 0 Å². The quantitative estimate of drug-likeness (QED) is 0.321. The van der Waals surface area contributed by atoms with Crippen LogP contribution in [0.4, 0.5) is 0 Å². The molecule has 0 aliphatic carbocycles. The maximum absolute atomic E-state index is 11.1. The van der Waals surface area contributed by atoms with Crippen molar-refractivity contribution in [3.05, 3.63) is 0 Å². The molecule has 5 heteroatoms. The first kappa shape index (κ1) is 11.9. The molecule has 0 bridgehead atoms. The van der Waals surface area contributed by atoms with Gasteiger partial charge in [-0.15, -0.1) is 0 Å². The predicted octanol–water partition coefficient (Wildman–Crippen LogP) is -0.329. The van der Waals surface area contributed by atoms with Crippen LogP contribution in [0.25, 0.3) is 0 Å². The molecule has 0 fully saturated rings. The maximum atomic E-state index is 11.1. The third-order valence-corrected chi connectivity index (χ3v) is 1.25. The lowest BCUT2D eigenvalue weighted by molar-refractivity contribution is -0.127. The Morgan fingerprint density at radius 3 is 2.00 bits per heavy atom. The van der Waals surface area contributed by atoms with E-state index < -0.39 is 0 Å². The summed E-state index contributed by atoms with van der Waals surface area (Å²) in [6.07, 6.45) is 0.290. The van der Waals surface area contributed by atoms with Crippen molar-refractivity contribution < 1.29 is 9.59 Å². The van der Waals surface area contributed by atoms with Crippen LogP contribution in [-0.4, -0.2) is 17.4 Å². The van der Waals surface area contributed by atoms with Crippen molar-refractivity contribution in [2.75, 3.05) is 0 Å². The van der Waals surface area contributed by atoms with Gasteiger partial charge in [-0.2, -0.15) is 0 Å². The molecule has 0 aliphatic heterocycles. The molecular weight excluding hydrogens is 170 g/mol. The number of hydrazine groups is 1. The molecule has 0 aromatic rings. The van der Waals surface area contributed by atoms with E-state index in [1.54, 1.807) is 0 Å². The first-order valence-corrected chi connectivity index (χ1v) is 4.15. The van der Waals surface area contributed by atoms with Crippen LogP contribution in [-0.2, 0) is 9.59 Å². The molecule has 5 nitrogen and oxygen atoms in total. The zero-order chi connectivity index (χ0) is 10.5. The van der Waals surface area contributed by atoms with Gasteiger partial charge in [0.2, 0.25) is 11.8 Å². The van der Waals surface area contributed by atoms with Gasteiger partial charge < -0.3 is 5.32 Å². The van der Waals surface area contributed by atoms with Gasteiger partial charge in [-0.05, 0) is 20.8 Å². The van der Waals surface area contributed by atoms with E-state index in [0.29, 0.717) is 0 Å². The van der Waals surface area contributed by atoms with Gasteiger partial charge in [-0.1, -0.05) is 0 Å². The van der Waals surface area contributed by atoms with Gasteiger partial charge in [-0.25, -0.2) is 5.84 Å². The van der Waals surface area contributed by atoms with Gasteiger partial charge in [0, 0.05) is 18.4 Å². The highest BCUT2D eigenvalue weighted by molar-refractivity contribution is 5.83. The van der Waals surface area contributed by atoms with Crippen molar-refractivity contribution in [2.45, 2.75) is 39.2 Å². The summed E-state index contributed by atoms with van der Waals surface area (Å²) in [4.78, 5) is 21.8. The zero-order valence-corrected chi connectivity index (χ0v) is 8.31. The zero-order valence-electron chi connectivity index (χ0n) is 8.31. The minimum Gasteiger partial charge on any atom is -0.351 e. The summed E-state index contributed by atoms with van der Waals surface area (Å²) >= 11 is 0. The van der Waals surface area contributed by atoms with Crippen LogP contribution in [0.3, 0.4) is 0 Å². The molecule has 0 unspecified atom stereocenters. The fourth-order valence-electron chi connectivity index (χ4n) is 0.780. The summed E-state index contributed by atoms with van der Waals surface area (Å²) in [5, 5.41) is 2.74. The highest BCUT2D eigenvalue weighted by Gasteiger charge is 2.13. The minimum absolute atomic E-state index is 0.123. The Morgan fingerprint density at radius 1 is 1.15 bits per heavy atom. The molecule has 0 aliphatic rings. The van der Waals surface area contributed by atoms with E-state index in [9.17, 15) is 9.59 Å². The smallest absolute Gasteiger partial charge is 0.234 e.